The summed E-state index contributed by atoms with van der Waals surface area (Å²) < 4.78 is 0. The van der Waals surface area contributed by atoms with E-state index in [1.807, 2.05) is 7.05 Å². The van der Waals surface area contributed by atoms with Gasteiger partial charge in [0.05, 0.1) is 12.7 Å². The van der Waals surface area contributed by atoms with Gasteiger partial charge in [-0.25, -0.2) is 0 Å². The van der Waals surface area contributed by atoms with Crippen molar-refractivity contribution >= 4 is 0 Å². The van der Waals surface area contributed by atoms with Crippen LogP contribution >= 0.6 is 0 Å². The Balaban J connectivity index is 2.89. The van der Waals surface area contributed by atoms with Crippen LogP contribution in [0.3, 0.4) is 0 Å². The molecule has 0 fully saturated rings. The zero-order valence-electron chi connectivity index (χ0n) is 6.30. The molecule has 4 nitrogen and oxygen atoms in total. The first kappa shape index (κ1) is 9.84. The molecule has 0 spiro atoms. The molecule has 0 unspecified atom stereocenters. The van der Waals surface area contributed by atoms with E-state index in [9.17, 15) is 0 Å². The molecule has 0 aromatic heterocycles. The molecular formula is C6H16N2O2. The molecule has 0 saturated carbocycles. The van der Waals surface area contributed by atoms with Gasteiger partial charge in [-0.1, -0.05) is 0 Å². The van der Waals surface area contributed by atoms with Gasteiger partial charge in [-0.3, -0.25) is 0 Å². The molecule has 0 radical (unpaired) electrons. The summed E-state index contributed by atoms with van der Waals surface area (Å²) >= 11 is 0. The van der Waals surface area contributed by atoms with Crippen molar-refractivity contribution in [2.45, 2.75) is 6.10 Å². The van der Waals surface area contributed by atoms with Crippen LogP contribution in [0.2, 0.25) is 0 Å². The van der Waals surface area contributed by atoms with Crippen molar-refractivity contribution in [3.8, 4) is 0 Å². The average Bonchev–Trinajstić information content (AvgIpc) is 1.98. The maximum Gasteiger partial charge on any atom is 0.0894 e. The largest absolute Gasteiger partial charge is 0.394 e. The second-order valence-electron chi connectivity index (χ2n) is 2.14. The normalized spacial score (nSPS) is 13.5. The Kier molecular flexibility index (Phi) is 6.84. The molecule has 4 heteroatoms. The molecule has 0 aliphatic heterocycles. The third-order valence-corrected chi connectivity index (χ3v) is 1.14. The molecule has 0 bridgehead atoms. The van der Waals surface area contributed by atoms with Crippen LogP contribution in [0.4, 0.5) is 0 Å². The lowest BCUT2D eigenvalue weighted by Crippen LogP contribution is -2.33. The van der Waals surface area contributed by atoms with E-state index in [-0.39, 0.29) is 6.61 Å². The maximum atomic E-state index is 8.82. The van der Waals surface area contributed by atoms with Gasteiger partial charge in [0.2, 0.25) is 0 Å². The van der Waals surface area contributed by atoms with Crippen molar-refractivity contribution in [2.24, 2.45) is 0 Å². The van der Waals surface area contributed by atoms with Gasteiger partial charge in [0.15, 0.2) is 0 Å². The number of nitrogens with one attached hydrogen (secondary N) is 2. The molecule has 0 aliphatic carbocycles. The van der Waals surface area contributed by atoms with Gasteiger partial charge >= 0.3 is 0 Å². The molecule has 0 aliphatic rings. The van der Waals surface area contributed by atoms with Gasteiger partial charge in [-0.2, -0.15) is 0 Å². The fraction of sp³-hybridized carbons (Fsp3) is 1.00. The number of hydrogen-bond donors (Lipinski definition) is 4. The molecule has 0 aromatic rings. The van der Waals surface area contributed by atoms with Crippen LogP contribution in [0.25, 0.3) is 0 Å². The molecule has 4 N–H and O–H groups in total. The first-order valence-electron chi connectivity index (χ1n) is 3.45. The number of rotatable bonds is 6. The highest BCUT2D eigenvalue weighted by atomic mass is 16.3. The van der Waals surface area contributed by atoms with E-state index in [4.69, 9.17) is 10.2 Å². The van der Waals surface area contributed by atoms with E-state index in [2.05, 4.69) is 10.6 Å². The van der Waals surface area contributed by atoms with Crippen molar-refractivity contribution in [1.82, 2.24) is 10.6 Å². The van der Waals surface area contributed by atoms with E-state index >= 15 is 0 Å². The highest BCUT2D eigenvalue weighted by molar-refractivity contribution is 4.57. The van der Waals surface area contributed by atoms with Crippen molar-refractivity contribution in [3.63, 3.8) is 0 Å². The maximum absolute atomic E-state index is 8.82. The number of aliphatic hydroxyl groups excluding tert-OH is 2. The second kappa shape index (κ2) is 6.95. The summed E-state index contributed by atoms with van der Waals surface area (Å²) in [6.07, 6.45) is -0.628. The minimum absolute atomic E-state index is 0.174. The Morgan fingerprint density at radius 3 is 2.60 bits per heavy atom. The molecule has 0 rings (SSSR count). The van der Waals surface area contributed by atoms with Crippen LogP contribution in [-0.4, -0.2) is 49.6 Å². The second-order valence-corrected chi connectivity index (χ2v) is 2.14. The Morgan fingerprint density at radius 1 is 1.40 bits per heavy atom. The summed E-state index contributed by atoms with van der Waals surface area (Å²) in [4.78, 5) is 0. The van der Waals surface area contributed by atoms with Gasteiger partial charge in [-0.15, -0.1) is 0 Å². The van der Waals surface area contributed by atoms with E-state index in [0.717, 1.165) is 13.1 Å². The Bertz CT molecular complexity index is 70.8. The number of hydrogen-bond acceptors (Lipinski definition) is 4. The van der Waals surface area contributed by atoms with E-state index in [1.54, 1.807) is 0 Å². The third-order valence-electron chi connectivity index (χ3n) is 1.14. The van der Waals surface area contributed by atoms with Crippen LogP contribution < -0.4 is 10.6 Å². The predicted octanol–water partition coefficient (Wildman–Crippen LogP) is -1.85. The van der Waals surface area contributed by atoms with Crippen molar-refractivity contribution < 1.29 is 10.2 Å². The lowest BCUT2D eigenvalue weighted by Gasteiger charge is -2.07. The molecule has 10 heavy (non-hydrogen) atoms. The summed E-state index contributed by atoms with van der Waals surface area (Å²) in [5.74, 6) is 0. The van der Waals surface area contributed by atoms with Gasteiger partial charge in [0, 0.05) is 19.6 Å². The van der Waals surface area contributed by atoms with Crippen molar-refractivity contribution in [1.29, 1.82) is 0 Å². The molecule has 0 aromatic carbocycles. The SMILES string of the molecule is CNCCNC[C@H](O)CO. The molecule has 0 amide bonds. The molecule has 0 heterocycles. The highest BCUT2D eigenvalue weighted by Crippen LogP contribution is 1.74. The predicted molar refractivity (Wildman–Crippen MR) is 39.9 cm³/mol. The lowest BCUT2D eigenvalue weighted by molar-refractivity contribution is 0.0947. The van der Waals surface area contributed by atoms with Gasteiger partial charge in [-0.05, 0) is 7.05 Å². The van der Waals surface area contributed by atoms with Gasteiger partial charge in [0.25, 0.3) is 0 Å². The molecular weight excluding hydrogens is 132 g/mol. The van der Waals surface area contributed by atoms with Crippen molar-refractivity contribution in [3.05, 3.63) is 0 Å². The smallest absolute Gasteiger partial charge is 0.0894 e. The third kappa shape index (κ3) is 5.97. The van der Waals surface area contributed by atoms with E-state index < -0.39 is 6.10 Å². The van der Waals surface area contributed by atoms with Gasteiger partial charge < -0.3 is 20.8 Å². The van der Waals surface area contributed by atoms with E-state index in [1.165, 1.54) is 0 Å². The fourth-order valence-electron chi connectivity index (χ4n) is 0.547. The molecule has 1 atom stereocenters. The topological polar surface area (TPSA) is 64.5 Å². The summed E-state index contributed by atoms with van der Waals surface area (Å²) in [5, 5.41) is 23.1. The number of aliphatic hydroxyl groups is 2. The first-order valence-corrected chi connectivity index (χ1v) is 3.45. The van der Waals surface area contributed by atoms with Gasteiger partial charge in [0.1, 0.15) is 0 Å². The summed E-state index contributed by atoms with van der Waals surface area (Å²) in [7, 11) is 1.87. The minimum atomic E-state index is -0.628. The van der Waals surface area contributed by atoms with Crippen molar-refractivity contribution in [2.75, 3.05) is 33.3 Å². The summed E-state index contributed by atoms with van der Waals surface area (Å²) in [6, 6.07) is 0. The fourth-order valence-corrected chi connectivity index (χ4v) is 0.547. The summed E-state index contributed by atoms with van der Waals surface area (Å²) in [5.41, 5.74) is 0. The highest BCUT2D eigenvalue weighted by Gasteiger charge is 1.98. The minimum Gasteiger partial charge on any atom is -0.394 e. The quantitative estimate of drug-likeness (QED) is 0.334. The van der Waals surface area contributed by atoms with Crippen LogP contribution in [0.1, 0.15) is 0 Å². The van der Waals surface area contributed by atoms with Crippen LogP contribution in [-0.2, 0) is 0 Å². The number of likely N-dealkylation sites (N-methyl/N-ethyl adjacent to an activating group) is 1. The zero-order chi connectivity index (χ0) is 7.82. The Hall–Kier alpha value is -0.160. The standard InChI is InChI=1S/C6H16N2O2/c1-7-2-3-8-4-6(10)5-9/h6-10H,2-5H2,1H3/t6-/m0/s1. The Morgan fingerprint density at radius 2 is 2.10 bits per heavy atom. The lowest BCUT2D eigenvalue weighted by atomic mass is 10.4. The average molecular weight is 148 g/mol. The summed E-state index contributed by atoms with van der Waals surface area (Å²) in [6.45, 7) is 1.97. The first-order chi connectivity index (χ1) is 4.81. The van der Waals surface area contributed by atoms with Crippen LogP contribution in [0.5, 0.6) is 0 Å². The Labute approximate surface area is 61.3 Å². The zero-order valence-corrected chi connectivity index (χ0v) is 6.30. The monoisotopic (exact) mass is 148 g/mol. The molecule has 62 valence electrons. The molecule has 0 saturated heterocycles. The van der Waals surface area contributed by atoms with Crippen LogP contribution in [0.15, 0.2) is 0 Å². The van der Waals surface area contributed by atoms with Crippen LogP contribution in [0, 0.1) is 0 Å². The van der Waals surface area contributed by atoms with E-state index in [0.29, 0.717) is 6.54 Å².